The average Bonchev–Trinajstić information content (AvgIpc) is 2.27. The van der Waals surface area contributed by atoms with Gasteiger partial charge >= 0.3 is 5.97 Å². The van der Waals surface area contributed by atoms with Crippen LogP contribution in [0.5, 0.6) is 0 Å². The molecule has 0 unspecified atom stereocenters. The minimum Gasteiger partial charge on any atom is -0.481 e. The summed E-state index contributed by atoms with van der Waals surface area (Å²) in [7, 11) is 3.86. The molecule has 17 heavy (non-hydrogen) atoms. The molecule has 0 aliphatic rings. The van der Waals surface area contributed by atoms with Crippen molar-refractivity contribution in [2.45, 2.75) is 12.8 Å². The van der Waals surface area contributed by atoms with E-state index < -0.39 is 5.97 Å². The molecule has 1 amide bonds. The molecular formula is C12H16N2O3. The van der Waals surface area contributed by atoms with Gasteiger partial charge in [-0.05, 0) is 24.3 Å². The molecule has 0 bridgehead atoms. The largest absolute Gasteiger partial charge is 0.481 e. The van der Waals surface area contributed by atoms with Gasteiger partial charge in [-0.1, -0.05) is 0 Å². The van der Waals surface area contributed by atoms with Crippen LogP contribution in [0, 0.1) is 0 Å². The summed E-state index contributed by atoms with van der Waals surface area (Å²) in [6, 6.07) is 7.33. The van der Waals surface area contributed by atoms with Crippen molar-refractivity contribution in [2.24, 2.45) is 0 Å². The number of carboxylic acid groups (broad SMARTS) is 1. The number of benzene rings is 1. The number of hydrogen-bond donors (Lipinski definition) is 2. The normalized spacial score (nSPS) is 9.76. The molecule has 1 aromatic rings. The van der Waals surface area contributed by atoms with Gasteiger partial charge in [0.25, 0.3) is 0 Å². The Morgan fingerprint density at radius 1 is 1.18 bits per heavy atom. The van der Waals surface area contributed by atoms with Crippen molar-refractivity contribution in [1.29, 1.82) is 0 Å². The van der Waals surface area contributed by atoms with Gasteiger partial charge in [-0.25, -0.2) is 0 Å². The average molecular weight is 236 g/mol. The zero-order chi connectivity index (χ0) is 12.8. The quantitative estimate of drug-likeness (QED) is 0.814. The van der Waals surface area contributed by atoms with Crippen LogP contribution in [0.2, 0.25) is 0 Å². The maximum atomic E-state index is 11.4. The van der Waals surface area contributed by atoms with E-state index in [0.29, 0.717) is 5.69 Å². The Morgan fingerprint density at radius 2 is 1.76 bits per heavy atom. The summed E-state index contributed by atoms with van der Waals surface area (Å²) >= 11 is 0. The standard InChI is InChI=1S/C12H16N2O3/c1-14(2)10-5-3-9(4-6-10)13-11(15)7-8-12(16)17/h3-6H,7-8H2,1-2H3,(H,13,15)(H,16,17). The third kappa shape index (κ3) is 4.55. The molecular weight excluding hydrogens is 220 g/mol. The Labute approximate surface area is 100 Å². The summed E-state index contributed by atoms with van der Waals surface area (Å²) in [4.78, 5) is 23.6. The molecule has 2 N–H and O–H groups in total. The number of carbonyl (C=O) groups is 2. The molecule has 0 fully saturated rings. The Kier molecular flexibility index (Phi) is 4.51. The van der Waals surface area contributed by atoms with Crippen LogP contribution < -0.4 is 10.2 Å². The summed E-state index contributed by atoms with van der Waals surface area (Å²) in [5.74, 6) is -1.26. The van der Waals surface area contributed by atoms with Gasteiger partial charge in [0.15, 0.2) is 0 Å². The molecule has 0 aliphatic carbocycles. The summed E-state index contributed by atoms with van der Waals surface area (Å²) in [5.41, 5.74) is 1.71. The fourth-order valence-corrected chi connectivity index (χ4v) is 1.29. The predicted molar refractivity (Wildman–Crippen MR) is 66.3 cm³/mol. The van der Waals surface area contributed by atoms with Gasteiger partial charge in [0.05, 0.1) is 6.42 Å². The minimum atomic E-state index is -0.969. The lowest BCUT2D eigenvalue weighted by Crippen LogP contribution is -2.13. The Balaban J connectivity index is 2.51. The molecule has 0 aromatic heterocycles. The summed E-state index contributed by atoms with van der Waals surface area (Å²) in [5, 5.41) is 11.1. The van der Waals surface area contributed by atoms with Gasteiger partial charge in [0.1, 0.15) is 0 Å². The second kappa shape index (κ2) is 5.89. The van der Waals surface area contributed by atoms with Crippen LogP contribution in [0.15, 0.2) is 24.3 Å². The summed E-state index contributed by atoms with van der Waals surface area (Å²) < 4.78 is 0. The van der Waals surface area contributed by atoms with Crippen molar-refractivity contribution >= 4 is 23.3 Å². The van der Waals surface area contributed by atoms with Gasteiger partial charge < -0.3 is 15.3 Å². The Morgan fingerprint density at radius 3 is 2.24 bits per heavy atom. The lowest BCUT2D eigenvalue weighted by atomic mass is 10.2. The van der Waals surface area contributed by atoms with Crippen LogP contribution in [-0.2, 0) is 9.59 Å². The molecule has 0 saturated carbocycles. The second-order valence-electron chi connectivity index (χ2n) is 3.88. The lowest BCUT2D eigenvalue weighted by molar-refractivity contribution is -0.138. The van der Waals surface area contributed by atoms with Crippen LogP contribution in [0.1, 0.15) is 12.8 Å². The molecule has 0 saturated heterocycles. The van der Waals surface area contributed by atoms with Crippen molar-refractivity contribution < 1.29 is 14.7 Å². The first-order chi connectivity index (χ1) is 7.99. The molecule has 5 heteroatoms. The molecule has 1 aromatic carbocycles. The highest BCUT2D eigenvalue weighted by Crippen LogP contribution is 2.15. The lowest BCUT2D eigenvalue weighted by Gasteiger charge is -2.12. The first-order valence-electron chi connectivity index (χ1n) is 5.28. The van der Waals surface area contributed by atoms with E-state index in [-0.39, 0.29) is 18.7 Å². The number of amides is 1. The Hall–Kier alpha value is -2.04. The number of nitrogens with zero attached hydrogens (tertiary/aromatic N) is 1. The van der Waals surface area contributed by atoms with Crippen molar-refractivity contribution in [3.05, 3.63) is 24.3 Å². The SMILES string of the molecule is CN(C)c1ccc(NC(=O)CCC(=O)O)cc1. The first kappa shape index (κ1) is 13.0. The topological polar surface area (TPSA) is 69.6 Å². The molecule has 0 heterocycles. The van der Waals surface area contributed by atoms with Crippen molar-refractivity contribution in [3.8, 4) is 0 Å². The van der Waals surface area contributed by atoms with E-state index >= 15 is 0 Å². The number of carboxylic acids is 1. The van der Waals surface area contributed by atoms with Crippen LogP contribution in [0.25, 0.3) is 0 Å². The maximum absolute atomic E-state index is 11.4. The van der Waals surface area contributed by atoms with Crippen LogP contribution >= 0.6 is 0 Å². The summed E-state index contributed by atoms with van der Waals surface area (Å²) in [6.07, 6.45) is -0.160. The number of rotatable bonds is 5. The third-order valence-corrected chi connectivity index (χ3v) is 2.23. The fraction of sp³-hybridized carbons (Fsp3) is 0.333. The molecule has 92 valence electrons. The van der Waals surface area contributed by atoms with E-state index in [4.69, 9.17) is 5.11 Å². The van der Waals surface area contributed by atoms with E-state index in [2.05, 4.69) is 5.32 Å². The predicted octanol–water partition coefficient (Wildman–Crippen LogP) is 1.56. The first-order valence-corrected chi connectivity index (χ1v) is 5.28. The van der Waals surface area contributed by atoms with E-state index in [9.17, 15) is 9.59 Å². The monoisotopic (exact) mass is 236 g/mol. The van der Waals surface area contributed by atoms with Gasteiger partial charge in [0, 0.05) is 31.9 Å². The number of carbonyl (C=O) groups excluding carboxylic acids is 1. The minimum absolute atomic E-state index is 0.00916. The Bertz CT molecular complexity index is 399. The molecule has 0 spiro atoms. The highest BCUT2D eigenvalue weighted by molar-refractivity contribution is 5.92. The molecule has 0 atom stereocenters. The van der Waals surface area contributed by atoms with Crippen molar-refractivity contribution in [1.82, 2.24) is 0 Å². The molecule has 0 aliphatic heterocycles. The highest BCUT2D eigenvalue weighted by atomic mass is 16.4. The van der Waals surface area contributed by atoms with Gasteiger partial charge in [-0.15, -0.1) is 0 Å². The van der Waals surface area contributed by atoms with E-state index in [1.807, 2.05) is 31.1 Å². The number of aliphatic carboxylic acids is 1. The van der Waals surface area contributed by atoms with Crippen molar-refractivity contribution in [2.75, 3.05) is 24.3 Å². The molecule has 1 rings (SSSR count). The fourth-order valence-electron chi connectivity index (χ4n) is 1.29. The summed E-state index contributed by atoms with van der Waals surface area (Å²) in [6.45, 7) is 0. The maximum Gasteiger partial charge on any atom is 0.303 e. The highest BCUT2D eigenvalue weighted by Gasteiger charge is 2.05. The van der Waals surface area contributed by atoms with Gasteiger partial charge in [-0.2, -0.15) is 0 Å². The van der Waals surface area contributed by atoms with E-state index in [0.717, 1.165) is 5.69 Å². The smallest absolute Gasteiger partial charge is 0.303 e. The van der Waals surface area contributed by atoms with Crippen LogP contribution in [-0.4, -0.2) is 31.1 Å². The third-order valence-electron chi connectivity index (χ3n) is 2.23. The zero-order valence-corrected chi connectivity index (χ0v) is 9.93. The number of nitrogens with one attached hydrogen (secondary N) is 1. The van der Waals surface area contributed by atoms with Crippen LogP contribution in [0.4, 0.5) is 11.4 Å². The number of anilines is 2. The van der Waals surface area contributed by atoms with Crippen molar-refractivity contribution in [3.63, 3.8) is 0 Å². The van der Waals surface area contributed by atoms with Gasteiger partial charge in [0.2, 0.25) is 5.91 Å². The second-order valence-corrected chi connectivity index (χ2v) is 3.88. The molecule has 5 nitrogen and oxygen atoms in total. The van der Waals surface area contributed by atoms with E-state index in [1.165, 1.54) is 0 Å². The number of hydrogen-bond acceptors (Lipinski definition) is 3. The van der Waals surface area contributed by atoms with E-state index in [1.54, 1.807) is 12.1 Å². The molecule has 0 radical (unpaired) electrons. The van der Waals surface area contributed by atoms with Crippen LogP contribution in [0.3, 0.4) is 0 Å². The zero-order valence-electron chi connectivity index (χ0n) is 9.93. The van der Waals surface area contributed by atoms with Gasteiger partial charge in [-0.3, -0.25) is 9.59 Å².